The van der Waals surface area contributed by atoms with Crippen molar-refractivity contribution in [2.75, 3.05) is 20.1 Å². The van der Waals surface area contributed by atoms with Crippen LogP contribution in [-0.2, 0) is 13.0 Å². The zero-order valence-electron chi connectivity index (χ0n) is 17.8. The summed E-state index contributed by atoms with van der Waals surface area (Å²) in [5, 5.41) is 4.04. The zero-order valence-corrected chi connectivity index (χ0v) is 18.6. The molecule has 4 heterocycles. The van der Waals surface area contributed by atoms with E-state index in [1.165, 1.54) is 0 Å². The Hall–Kier alpha value is -2.51. The number of amides is 1. The average Bonchev–Trinajstić information content (AvgIpc) is 3.35. The normalized spacial score (nSPS) is 15.4. The molecule has 0 atom stereocenters. The van der Waals surface area contributed by atoms with Gasteiger partial charge in [0.15, 0.2) is 0 Å². The number of pyridine rings is 1. The summed E-state index contributed by atoms with van der Waals surface area (Å²) in [6.07, 6.45) is 6.37. The Labute approximate surface area is 181 Å². The summed E-state index contributed by atoms with van der Waals surface area (Å²) in [7, 11) is 2.14. The molecule has 0 saturated carbocycles. The van der Waals surface area contributed by atoms with Gasteiger partial charge in [-0.15, -0.1) is 11.3 Å². The molecule has 1 aliphatic rings. The third-order valence-electron chi connectivity index (χ3n) is 5.87. The summed E-state index contributed by atoms with van der Waals surface area (Å²) in [5.74, 6) is 0.960. The van der Waals surface area contributed by atoms with Crippen molar-refractivity contribution in [3.8, 4) is 0 Å². The minimum absolute atomic E-state index is 0.114. The molecule has 3 aromatic rings. The van der Waals surface area contributed by atoms with Gasteiger partial charge in [-0.1, -0.05) is 11.2 Å². The number of carbonyl (C=O) groups is 1. The van der Waals surface area contributed by atoms with Gasteiger partial charge in [-0.05, 0) is 70.6 Å². The Morgan fingerprint density at radius 2 is 2.07 bits per heavy atom. The van der Waals surface area contributed by atoms with Gasteiger partial charge in [-0.3, -0.25) is 9.78 Å². The summed E-state index contributed by atoms with van der Waals surface area (Å²) < 4.78 is 5.28. The molecule has 1 fully saturated rings. The van der Waals surface area contributed by atoms with E-state index >= 15 is 0 Å². The number of aromatic nitrogens is 2. The molecule has 1 saturated heterocycles. The molecule has 30 heavy (non-hydrogen) atoms. The van der Waals surface area contributed by atoms with Gasteiger partial charge in [0.25, 0.3) is 5.91 Å². The number of piperidine rings is 1. The van der Waals surface area contributed by atoms with Crippen molar-refractivity contribution in [3.05, 3.63) is 69.0 Å². The topological polar surface area (TPSA) is 62.5 Å². The number of nitrogens with zero attached hydrogens (tertiary/aromatic N) is 4. The lowest BCUT2D eigenvalue weighted by molar-refractivity contribution is 0.0574. The minimum atomic E-state index is 0.114. The van der Waals surface area contributed by atoms with Gasteiger partial charge in [0.1, 0.15) is 5.76 Å². The Balaban J connectivity index is 1.54. The van der Waals surface area contributed by atoms with Crippen molar-refractivity contribution < 1.29 is 9.32 Å². The molecule has 7 heteroatoms. The number of hydrogen-bond acceptors (Lipinski definition) is 6. The number of carbonyl (C=O) groups excluding carboxylic acids is 1. The molecule has 158 valence electrons. The third kappa shape index (κ3) is 4.63. The van der Waals surface area contributed by atoms with Crippen LogP contribution in [0.5, 0.6) is 0 Å². The number of thiophene rings is 1. The van der Waals surface area contributed by atoms with Crippen LogP contribution in [0.25, 0.3) is 0 Å². The highest BCUT2D eigenvalue weighted by Gasteiger charge is 2.29. The Morgan fingerprint density at radius 1 is 1.27 bits per heavy atom. The third-order valence-corrected chi connectivity index (χ3v) is 6.94. The van der Waals surface area contributed by atoms with E-state index in [-0.39, 0.29) is 11.9 Å². The molecule has 0 aromatic carbocycles. The van der Waals surface area contributed by atoms with Crippen molar-refractivity contribution in [2.24, 2.45) is 0 Å². The molecule has 0 aliphatic carbocycles. The van der Waals surface area contributed by atoms with Crippen molar-refractivity contribution in [3.63, 3.8) is 0 Å². The first kappa shape index (κ1) is 20.8. The van der Waals surface area contributed by atoms with Gasteiger partial charge in [0, 0.05) is 41.8 Å². The highest BCUT2D eigenvalue weighted by Crippen LogP contribution is 2.27. The first-order chi connectivity index (χ1) is 14.5. The van der Waals surface area contributed by atoms with Gasteiger partial charge >= 0.3 is 0 Å². The van der Waals surface area contributed by atoms with E-state index < -0.39 is 0 Å². The smallest absolute Gasteiger partial charge is 0.264 e. The molecule has 0 unspecified atom stereocenters. The number of hydrogen-bond donors (Lipinski definition) is 0. The quantitative estimate of drug-likeness (QED) is 0.597. The fourth-order valence-electron chi connectivity index (χ4n) is 4.02. The molecule has 6 nitrogen and oxygen atoms in total. The van der Waals surface area contributed by atoms with E-state index in [4.69, 9.17) is 4.52 Å². The van der Waals surface area contributed by atoms with Gasteiger partial charge < -0.3 is 14.3 Å². The number of aryl methyl sites for hydroxylation is 2. The van der Waals surface area contributed by atoms with Crippen molar-refractivity contribution in [1.29, 1.82) is 0 Å². The van der Waals surface area contributed by atoms with Gasteiger partial charge in [-0.25, -0.2) is 0 Å². The second-order valence-corrected chi connectivity index (χ2v) is 9.24. The highest BCUT2D eigenvalue weighted by molar-refractivity contribution is 7.14. The number of rotatable bonds is 6. The SMILES string of the molecule is Cc1noc(C)c1Cc1ccc(C(=O)N(Cc2cccnc2)C2CCN(C)CC2)s1. The lowest BCUT2D eigenvalue weighted by Crippen LogP contribution is -2.46. The average molecular weight is 425 g/mol. The molecule has 0 bridgehead atoms. The van der Waals surface area contributed by atoms with Crippen LogP contribution in [0, 0.1) is 13.8 Å². The summed E-state index contributed by atoms with van der Waals surface area (Å²) in [6, 6.07) is 8.24. The Kier molecular flexibility index (Phi) is 6.29. The second kappa shape index (κ2) is 9.10. The maximum atomic E-state index is 13.6. The van der Waals surface area contributed by atoms with Crippen molar-refractivity contribution in [2.45, 2.75) is 45.7 Å². The molecular formula is C23H28N4O2S. The van der Waals surface area contributed by atoms with Crippen LogP contribution in [0.15, 0.2) is 41.2 Å². The van der Waals surface area contributed by atoms with E-state index in [9.17, 15) is 4.79 Å². The van der Waals surface area contributed by atoms with Crippen LogP contribution in [0.4, 0.5) is 0 Å². The second-order valence-electron chi connectivity index (χ2n) is 8.07. The van der Waals surface area contributed by atoms with E-state index in [2.05, 4.69) is 33.1 Å². The van der Waals surface area contributed by atoms with Crippen LogP contribution < -0.4 is 0 Å². The number of likely N-dealkylation sites (tertiary alicyclic amines) is 1. The van der Waals surface area contributed by atoms with Gasteiger partial charge in [0.05, 0.1) is 10.6 Å². The molecule has 3 aromatic heterocycles. The van der Waals surface area contributed by atoms with E-state index in [1.807, 2.05) is 38.2 Å². The molecular weight excluding hydrogens is 396 g/mol. The minimum Gasteiger partial charge on any atom is -0.361 e. The fraction of sp³-hybridized carbons (Fsp3) is 0.435. The molecule has 0 N–H and O–H groups in total. The van der Waals surface area contributed by atoms with Crippen molar-refractivity contribution in [1.82, 2.24) is 19.9 Å². The standard InChI is InChI=1S/C23H28N4O2S/c1-16-21(17(2)29-25-16)13-20-6-7-22(30-20)23(28)27(15-18-5-4-10-24-14-18)19-8-11-26(3)12-9-19/h4-7,10,14,19H,8-9,11-13,15H2,1-3H3. The predicted molar refractivity (Wildman–Crippen MR) is 118 cm³/mol. The zero-order chi connectivity index (χ0) is 21.1. The van der Waals surface area contributed by atoms with Crippen molar-refractivity contribution >= 4 is 17.2 Å². The highest BCUT2D eigenvalue weighted by atomic mass is 32.1. The summed E-state index contributed by atoms with van der Waals surface area (Å²) in [4.78, 5) is 24.1. The van der Waals surface area contributed by atoms with Gasteiger partial charge in [-0.2, -0.15) is 0 Å². The maximum Gasteiger partial charge on any atom is 0.264 e. The maximum absolute atomic E-state index is 13.6. The van der Waals surface area contributed by atoms with Crippen LogP contribution in [0.2, 0.25) is 0 Å². The van der Waals surface area contributed by atoms with Crippen LogP contribution >= 0.6 is 11.3 Å². The lowest BCUT2D eigenvalue weighted by atomic mass is 10.0. The fourth-order valence-corrected chi connectivity index (χ4v) is 5.00. The van der Waals surface area contributed by atoms with E-state index in [0.29, 0.717) is 6.54 Å². The van der Waals surface area contributed by atoms with Gasteiger partial charge in [0.2, 0.25) is 0 Å². The molecule has 0 spiro atoms. The van der Waals surface area contributed by atoms with E-state index in [0.717, 1.165) is 64.7 Å². The first-order valence-electron chi connectivity index (χ1n) is 10.4. The van der Waals surface area contributed by atoms with Crippen LogP contribution in [-0.4, -0.2) is 52.0 Å². The monoisotopic (exact) mass is 424 g/mol. The molecule has 1 aliphatic heterocycles. The van der Waals surface area contributed by atoms with Crippen LogP contribution in [0.3, 0.4) is 0 Å². The lowest BCUT2D eigenvalue weighted by Gasteiger charge is -2.37. The largest absolute Gasteiger partial charge is 0.361 e. The molecule has 0 radical (unpaired) electrons. The first-order valence-corrected chi connectivity index (χ1v) is 11.2. The predicted octanol–water partition coefficient (Wildman–Crippen LogP) is 4.08. The Bertz CT molecular complexity index is 970. The summed E-state index contributed by atoms with van der Waals surface area (Å²) in [6.45, 7) is 6.52. The Morgan fingerprint density at radius 3 is 2.73 bits per heavy atom. The molecule has 4 rings (SSSR count). The molecule has 1 amide bonds. The summed E-state index contributed by atoms with van der Waals surface area (Å²) >= 11 is 1.57. The van der Waals surface area contributed by atoms with E-state index in [1.54, 1.807) is 17.5 Å². The summed E-state index contributed by atoms with van der Waals surface area (Å²) in [5.41, 5.74) is 3.09. The van der Waals surface area contributed by atoms with Crippen LogP contribution in [0.1, 0.15) is 50.0 Å².